The standard InChI is InChI=1S/C20H30F2N4O2/c1-19(2,3)28-18(27)26-9-8-17(20(21,22)14-26)25-12-10-24(11-13-25)16-6-4-15(23)5-7-16/h4-7,17H,8-14,23H2,1-3H3/t17-/m1/s1. The van der Waals surface area contributed by atoms with Crippen molar-refractivity contribution in [2.24, 2.45) is 0 Å². The molecular weight excluding hydrogens is 366 g/mol. The van der Waals surface area contributed by atoms with E-state index in [9.17, 15) is 13.6 Å². The summed E-state index contributed by atoms with van der Waals surface area (Å²) in [5, 5.41) is 0. The highest BCUT2D eigenvalue weighted by Crippen LogP contribution is 2.33. The first kappa shape index (κ1) is 20.6. The van der Waals surface area contributed by atoms with Gasteiger partial charge in [-0.15, -0.1) is 0 Å². The van der Waals surface area contributed by atoms with Crippen molar-refractivity contribution in [3.63, 3.8) is 0 Å². The van der Waals surface area contributed by atoms with Crippen LogP contribution in [0.3, 0.4) is 0 Å². The van der Waals surface area contributed by atoms with Gasteiger partial charge in [0.2, 0.25) is 0 Å². The third-order valence-corrected chi connectivity index (χ3v) is 5.23. The van der Waals surface area contributed by atoms with Gasteiger partial charge in [0.25, 0.3) is 5.92 Å². The van der Waals surface area contributed by atoms with Gasteiger partial charge in [0.15, 0.2) is 0 Å². The van der Waals surface area contributed by atoms with E-state index in [1.165, 1.54) is 0 Å². The Morgan fingerprint density at radius 2 is 1.71 bits per heavy atom. The van der Waals surface area contributed by atoms with E-state index in [1.807, 2.05) is 29.2 Å². The van der Waals surface area contributed by atoms with Gasteiger partial charge >= 0.3 is 6.09 Å². The van der Waals surface area contributed by atoms with Crippen LogP contribution in [0.25, 0.3) is 0 Å². The third-order valence-electron chi connectivity index (χ3n) is 5.23. The topological polar surface area (TPSA) is 62.0 Å². The van der Waals surface area contributed by atoms with Gasteiger partial charge in [0.1, 0.15) is 5.60 Å². The van der Waals surface area contributed by atoms with Crippen molar-refractivity contribution < 1.29 is 18.3 Å². The lowest BCUT2D eigenvalue weighted by molar-refractivity contribution is -0.126. The van der Waals surface area contributed by atoms with Crippen LogP contribution >= 0.6 is 0 Å². The molecule has 3 rings (SSSR count). The zero-order chi connectivity index (χ0) is 20.5. The number of benzene rings is 1. The molecule has 1 aromatic carbocycles. The van der Waals surface area contributed by atoms with Crippen LogP contribution in [-0.2, 0) is 4.74 Å². The fourth-order valence-electron chi connectivity index (χ4n) is 3.84. The van der Waals surface area contributed by atoms with Crippen molar-refractivity contribution in [3.05, 3.63) is 24.3 Å². The number of nitrogens with two attached hydrogens (primary N) is 1. The number of hydrogen-bond acceptors (Lipinski definition) is 5. The predicted octanol–water partition coefficient (Wildman–Crippen LogP) is 3.04. The Balaban J connectivity index is 1.57. The van der Waals surface area contributed by atoms with Crippen LogP contribution in [0.2, 0.25) is 0 Å². The number of amides is 1. The van der Waals surface area contributed by atoms with Gasteiger partial charge in [0, 0.05) is 44.1 Å². The highest BCUT2D eigenvalue weighted by Gasteiger charge is 2.49. The Morgan fingerprint density at radius 3 is 2.25 bits per heavy atom. The molecule has 2 saturated heterocycles. The average Bonchev–Trinajstić information content (AvgIpc) is 2.60. The van der Waals surface area contributed by atoms with E-state index in [-0.39, 0.29) is 13.0 Å². The fourth-order valence-corrected chi connectivity index (χ4v) is 3.84. The Hall–Kier alpha value is -2.09. The third kappa shape index (κ3) is 4.84. The molecule has 2 fully saturated rings. The number of hydrogen-bond donors (Lipinski definition) is 1. The molecule has 2 heterocycles. The van der Waals surface area contributed by atoms with Gasteiger partial charge in [-0.25, -0.2) is 13.6 Å². The number of nitrogen functional groups attached to an aromatic ring is 1. The Bertz CT molecular complexity index is 682. The predicted molar refractivity (Wildman–Crippen MR) is 106 cm³/mol. The maximum absolute atomic E-state index is 14.8. The maximum Gasteiger partial charge on any atom is 0.410 e. The summed E-state index contributed by atoms with van der Waals surface area (Å²) in [4.78, 5) is 17.3. The fraction of sp³-hybridized carbons (Fsp3) is 0.650. The first-order valence-corrected chi connectivity index (χ1v) is 9.75. The van der Waals surface area contributed by atoms with Gasteiger partial charge in [-0.05, 0) is 51.5 Å². The van der Waals surface area contributed by atoms with Crippen molar-refractivity contribution in [2.45, 2.75) is 44.8 Å². The lowest BCUT2D eigenvalue weighted by atomic mass is 9.98. The molecule has 0 radical (unpaired) electrons. The maximum atomic E-state index is 14.8. The minimum atomic E-state index is -2.96. The number of nitrogens with zero attached hydrogens (tertiary/aromatic N) is 3. The number of likely N-dealkylation sites (tertiary alicyclic amines) is 1. The molecule has 2 N–H and O–H groups in total. The monoisotopic (exact) mass is 396 g/mol. The molecule has 0 unspecified atom stereocenters. The second kappa shape index (κ2) is 7.73. The highest BCUT2D eigenvalue weighted by atomic mass is 19.3. The summed E-state index contributed by atoms with van der Waals surface area (Å²) in [5.41, 5.74) is 6.80. The Kier molecular flexibility index (Phi) is 5.70. The summed E-state index contributed by atoms with van der Waals surface area (Å²) < 4.78 is 34.9. The number of rotatable bonds is 2. The molecule has 0 saturated carbocycles. The van der Waals surface area contributed by atoms with Gasteiger partial charge < -0.3 is 20.3 Å². The minimum absolute atomic E-state index is 0.244. The van der Waals surface area contributed by atoms with Crippen molar-refractivity contribution in [1.29, 1.82) is 0 Å². The quantitative estimate of drug-likeness (QED) is 0.779. The molecule has 1 aromatic rings. The molecule has 0 aliphatic carbocycles. The molecular formula is C20H30F2N4O2. The van der Waals surface area contributed by atoms with Crippen LogP contribution in [0.5, 0.6) is 0 Å². The summed E-state index contributed by atoms with van der Waals surface area (Å²) >= 11 is 0. The SMILES string of the molecule is CC(C)(C)OC(=O)N1CC[C@@H](N2CCN(c3ccc(N)cc3)CC2)C(F)(F)C1. The van der Waals surface area contributed by atoms with Crippen molar-refractivity contribution in [3.8, 4) is 0 Å². The van der Waals surface area contributed by atoms with E-state index in [0.29, 0.717) is 31.9 Å². The van der Waals surface area contributed by atoms with Crippen molar-refractivity contribution >= 4 is 17.5 Å². The lowest BCUT2D eigenvalue weighted by Gasteiger charge is -2.46. The number of alkyl halides is 2. The number of ether oxygens (including phenoxy) is 1. The van der Waals surface area contributed by atoms with Crippen LogP contribution in [0.4, 0.5) is 25.0 Å². The summed E-state index contributed by atoms with van der Waals surface area (Å²) in [6.07, 6.45) is -0.424. The summed E-state index contributed by atoms with van der Waals surface area (Å²) in [6.45, 7) is 7.40. The molecule has 2 aliphatic rings. The number of halogens is 2. The first-order valence-electron chi connectivity index (χ1n) is 9.75. The molecule has 28 heavy (non-hydrogen) atoms. The Morgan fingerprint density at radius 1 is 1.11 bits per heavy atom. The van der Waals surface area contributed by atoms with Gasteiger partial charge in [-0.2, -0.15) is 0 Å². The van der Waals surface area contributed by atoms with Crippen LogP contribution in [0.1, 0.15) is 27.2 Å². The number of carbonyl (C=O) groups is 1. The van der Waals surface area contributed by atoms with Crippen LogP contribution in [0, 0.1) is 0 Å². The molecule has 1 amide bonds. The number of anilines is 2. The normalized spacial score (nSPS) is 23.5. The molecule has 1 atom stereocenters. The van der Waals surface area contributed by atoms with Crippen molar-refractivity contribution in [2.75, 3.05) is 49.9 Å². The van der Waals surface area contributed by atoms with E-state index in [1.54, 1.807) is 20.8 Å². The molecule has 8 heteroatoms. The minimum Gasteiger partial charge on any atom is -0.444 e. The molecule has 0 bridgehead atoms. The molecule has 156 valence electrons. The van der Waals surface area contributed by atoms with E-state index in [2.05, 4.69) is 4.90 Å². The number of piperazine rings is 1. The summed E-state index contributed by atoms with van der Waals surface area (Å²) in [5.74, 6) is -2.96. The van der Waals surface area contributed by atoms with Gasteiger partial charge in [0.05, 0.1) is 12.6 Å². The summed E-state index contributed by atoms with van der Waals surface area (Å²) in [6, 6.07) is 6.77. The highest BCUT2D eigenvalue weighted by molar-refractivity contribution is 5.68. The second-order valence-corrected chi connectivity index (χ2v) is 8.58. The molecule has 0 aromatic heterocycles. The smallest absolute Gasteiger partial charge is 0.410 e. The van der Waals surface area contributed by atoms with E-state index >= 15 is 0 Å². The van der Waals surface area contributed by atoms with Crippen LogP contribution < -0.4 is 10.6 Å². The zero-order valence-electron chi connectivity index (χ0n) is 16.8. The average molecular weight is 396 g/mol. The molecule has 2 aliphatic heterocycles. The van der Waals surface area contributed by atoms with Gasteiger partial charge in [-0.1, -0.05) is 0 Å². The largest absolute Gasteiger partial charge is 0.444 e. The molecule has 0 spiro atoms. The van der Waals surface area contributed by atoms with Gasteiger partial charge in [-0.3, -0.25) is 4.90 Å². The number of carbonyl (C=O) groups excluding carboxylic acids is 1. The lowest BCUT2D eigenvalue weighted by Crippen LogP contribution is -2.62. The summed E-state index contributed by atoms with van der Waals surface area (Å²) in [7, 11) is 0. The second-order valence-electron chi connectivity index (χ2n) is 8.58. The van der Waals surface area contributed by atoms with E-state index in [4.69, 9.17) is 10.5 Å². The molecule has 6 nitrogen and oxygen atoms in total. The Labute approximate surface area is 165 Å². The first-order chi connectivity index (χ1) is 13.0. The number of piperidine rings is 1. The van der Waals surface area contributed by atoms with E-state index < -0.39 is 30.2 Å². The van der Waals surface area contributed by atoms with Crippen LogP contribution in [-0.4, -0.2) is 72.7 Å². The zero-order valence-corrected chi connectivity index (χ0v) is 16.8. The van der Waals surface area contributed by atoms with Crippen LogP contribution in [0.15, 0.2) is 24.3 Å². The van der Waals surface area contributed by atoms with E-state index in [0.717, 1.165) is 10.6 Å². The van der Waals surface area contributed by atoms with Crippen molar-refractivity contribution in [1.82, 2.24) is 9.80 Å².